The molecular formula is C11H22N4O. The number of guanidine groups is 1. The molecule has 5 nitrogen and oxygen atoms in total. The Morgan fingerprint density at radius 2 is 2.25 bits per heavy atom. The Labute approximate surface area is 97.5 Å². The van der Waals surface area contributed by atoms with Crippen LogP contribution in [0.1, 0.15) is 6.42 Å². The lowest BCUT2D eigenvalue weighted by Gasteiger charge is -2.21. The zero-order chi connectivity index (χ0) is 11.2. The van der Waals surface area contributed by atoms with Crippen LogP contribution in [0.4, 0.5) is 0 Å². The van der Waals surface area contributed by atoms with E-state index in [0.29, 0.717) is 0 Å². The lowest BCUT2D eigenvalue weighted by Crippen LogP contribution is -2.40. The van der Waals surface area contributed by atoms with Crippen LogP contribution in [-0.4, -0.2) is 75.3 Å². The molecule has 0 amide bonds. The summed E-state index contributed by atoms with van der Waals surface area (Å²) in [7, 11) is 2.08. The number of nitrogens with zero attached hydrogens (tertiary/aromatic N) is 3. The highest BCUT2D eigenvalue weighted by Crippen LogP contribution is 1.98. The van der Waals surface area contributed by atoms with Gasteiger partial charge in [0.2, 0.25) is 0 Å². The van der Waals surface area contributed by atoms with E-state index in [1.54, 1.807) is 0 Å². The molecule has 1 saturated heterocycles. The zero-order valence-corrected chi connectivity index (χ0v) is 10.1. The Kier molecular flexibility index (Phi) is 4.42. The van der Waals surface area contributed by atoms with Crippen LogP contribution in [-0.2, 0) is 4.74 Å². The Hall–Kier alpha value is -0.810. The average Bonchev–Trinajstić information content (AvgIpc) is 2.55. The van der Waals surface area contributed by atoms with Gasteiger partial charge in [-0.1, -0.05) is 0 Å². The summed E-state index contributed by atoms with van der Waals surface area (Å²) >= 11 is 0. The number of rotatable bonds is 3. The largest absolute Gasteiger partial charge is 0.380 e. The van der Waals surface area contributed by atoms with Crippen LogP contribution in [0.15, 0.2) is 4.99 Å². The maximum Gasteiger partial charge on any atom is 0.193 e. The van der Waals surface area contributed by atoms with Crippen LogP contribution in [0.5, 0.6) is 0 Å². The summed E-state index contributed by atoms with van der Waals surface area (Å²) in [5.74, 6) is 1.05. The topological polar surface area (TPSA) is 40.1 Å². The number of hydrogen-bond acceptors (Lipinski definition) is 5. The second-order valence-electron chi connectivity index (χ2n) is 4.36. The van der Waals surface area contributed by atoms with Gasteiger partial charge in [-0.25, -0.2) is 0 Å². The van der Waals surface area contributed by atoms with Gasteiger partial charge < -0.3 is 15.0 Å². The molecule has 0 saturated carbocycles. The van der Waals surface area contributed by atoms with Crippen molar-refractivity contribution in [1.29, 1.82) is 0 Å². The molecule has 2 rings (SSSR count). The summed E-state index contributed by atoms with van der Waals surface area (Å²) in [5, 5.41) is 3.39. The van der Waals surface area contributed by atoms with Crippen LogP contribution in [0.25, 0.3) is 0 Å². The van der Waals surface area contributed by atoms with Crippen LogP contribution >= 0.6 is 0 Å². The molecule has 1 fully saturated rings. The second-order valence-corrected chi connectivity index (χ2v) is 4.36. The van der Waals surface area contributed by atoms with Crippen LogP contribution < -0.4 is 5.32 Å². The van der Waals surface area contributed by atoms with Crippen molar-refractivity contribution in [3.8, 4) is 0 Å². The predicted molar refractivity (Wildman–Crippen MR) is 64.8 cm³/mol. The first-order valence-corrected chi connectivity index (χ1v) is 6.16. The smallest absolute Gasteiger partial charge is 0.193 e. The Bertz CT molecular complexity index is 236. The van der Waals surface area contributed by atoms with Crippen molar-refractivity contribution in [2.24, 2.45) is 4.99 Å². The van der Waals surface area contributed by atoms with E-state index in [1.807, 2.05) is 0 Å². The third kappa shape index (κ3) is 3.35. The number of ether oxygens (including phenoxy) is 1. The predicted octanol–water partition coefficient (Wildman–Crippen LogP) is -0.400. The third-order valence-corrected chi connectivity index (χ3v) is 3.08. The maximum atomic E-state index is 5.43. The minimum atomic E-state index is 0.876. The quantitative estimate of drug-likeness (QED) is 0.711. The Morgan fingerprint density at radius 1 is 1.31 bits per heavy atom. The minimum absolute atomic E-state index is 0.876. The van der Waals surface area contributed by atoms with Gasteiger partial charge >= 0.3 is 0 Å². The molecule has 2 heterocycles. The number of hydrogen-bond donors (Lipinski definition) is 1. The maximum absolute atomic E-state index is 5.43. The standard InChI is InChI=1S/C11H22N4O/c1-14-6-3-12-11(14)13-4-7-15-5-2-9-16-10-8-15/h2-10H2,1H3,(H,12,13). The normalized spacial score (nSPS) is 23.1. The first-order chi connectivity index (χ1) is 7.86. The highest BCUT2D eigenvalue weighted by Gasteiger charge is 2.12. The van der Waals surface area contributed by atoms with Crippen LogP contribution in [0.2, 0.25) is 0 Å². The molecule has 0 radical (unpaired) electrons. The van der Waals surface area contributed by atoms with E-state index in [0.717, 1.165) is 64.9 Å². The molecule has 16 heavy (non-hydrogen) atoms. The van der Waals surface area contributed by atoms with Gasteiger partial charge in [-0.2, -0.15) is 0 Å². The summed E-state index contributed by atoms with van der Waals surface area (Å²) in [6.45, 7) is 8.03. The molecule has 2 aliphatic heterocycles. The molecule has 5 heteroatoms. The van der Waals surface area contributed by atoms with Gasteiger partial charge in [0.05, 0.1) is 13.2 Å². The molecule has 0 aromatic carbocycles. The third-order valence-electron chi connectivity index (χ3n) is 3.08. The molecular weight excluding hydrogens is 204 g/mol. The molecule has 0 atom stereocenters. The van der Waals surface area contributed by atoms with E-state index in [2.05, 4.69) is 27.2 Å². The molecule has 0 spiro atoms. The first kappa shape index (κ1) is 11.7. The van der Waals surface area contributed by atoms with E-state index in [9.17, 15) is 0 Å². The number of likely N-dealkylation sites (N-methyl/N-ethyl adjacent to an activating group) is 1. The molecule has 2 aliphatic rings. The van der Waals surface area contributed by atoms with Gasteiger partial charge in [0, 0.05) is 46.4 Å². The molecule has 0 aromatic heterocycles. The van der Waals surface area contributed by atoms with Gasteiger partial charge in [-0.05, 0) is 6.42 Å². The Morgan fingerprint density at radius 3 is 3.06 bits per heavy atom. The van der Waals surface area contributed by atoms with Crippen molar-refractivity contribution < 1.29 is 4.74 Å². The van der Waals surface area contributed by atoms with Gasteiger partial charge in [0.25, 0.3) is 0 Å². The second kappa shape index (κ2) is 6.06. The summed E-state index contributed by atoms with van der Waals surface area (Å²) in [4.78, 5) is 9.03. The van der Waals surface area contributed by atoms with Crippen molar-refractivity contribution in [2.45, 2.75) is 6.42 Å². The number of nitrogens with one attached hydrogen (secondary N) is 1. The van der Waals surface area contributed by atoms with Crippen molar-refractivity contribution in [1.82, 2.24) is 15.1 Å². The average molecular weight is 226 g/mol. The van der Waals surface area contributed by atoms with Gasteiger partial charge in [-0.15, -0.1) is 0 Å². The summed E-state index contributed by atoms with van der Waals surface area (Å²) < 4.78 is 5.43. The van der Waals surface area contributed by atoms with Crippen molar-refractivity contribution in [3.63, 3.8) is 0 Å². The first-order valence-electron chi connectivity index (χ1n) is 6.16. The van der Waals surface area contributed by atoms with Crippen LogP contribution in [0.3, 0.4) is 0 Å². The van der Waals surface area contributed by atoms with E-state index in [1.165, 1.54) is 0 Å². The fourth-order valence-electron chi connectivity index (χ4n) is 2.07. The van der Waals surface area contributed by atoms with E-state index in [4.69, 9.17) is 4.74 Å². The molecule has 0 aliphatic carbocycles. The lowest BCUT2D eigenvalue weighted by molar-refractivity contribution is 0.141. The number of aliphatic imine (C=N–C) groups is 1. The summed E-state index contributed by atoms with van der Waals surface area (Å²) in [6, 6.07) is 0. The van der Waals surface area contributed by atoms with Crippen molar-refractivity contribution in [2.75, 3.05) is 59.5 Å². The zero-order valence-electron chi connectivity index (χ0n) is 10.1. The molecule has 0 unspecified atom stereocenters. The fourth-order valence-corrected chi connectivity index (χ4v) is 2.07. The highest BCUT2D eigenvalue weighted by atomic mass is 16.5. The summed E-state index contributed by atoms with van der Waals surface area (Å²) in [5.41, 5.74) is 0. The highest BCUT2D eigenvalue weighted by molar-refractivity contribution is 5.81. The van der Waals surface area contributed by atoms with Crippen molar-refractivity contribution in [3.05, 3.63) is 0 Å². The fraction of sp³-hybridized carbons (Fsp3) is 0.909. The van der Waals surface area contributed by atoms with E-state index < -0.39 is 0 Å². The molecule has 92 valence electrons. The van der Waals surface area contributed by atoms with Gasteiger partial charge in [0.1, 0.15) is 0 Å². The minimum Gasteiger partial charge on any atom is -0.380 e. The van der Waals surface area contributed by atoms with Gasteiger partial charge in [-0.3, -0.25) is 9.89 Å². The SMILES string of the molecule is CN1CCN=C1NCCN1CCCOCC1. The summed E-state index contributed by atoms with van der Waals surface area (Å²) in [6.07, 6.45) is 1.15. The van der Waals surface area contributed by atoms with E-state index >= 15 is 0 Å². The Balaban J connectivity index is 1.63. The molecule has 0 aromatic rings. The van der Waals surface area contributed by atoms with Crippen molar-refractivity contribution >= 4 is 5.96 Å². The molecule has 0 bridgehead atoms. The van der Waals surface area contributed by atoms with E-state index in [-0.39, 0.29) is 0 Å². The lowest BCUT2D eigenvalue weighted by atomic mass is 10.4. The molecule has 1 N–H and O–H groups in total. The van der Waals surface area contributed by atoms with Crippen LogP contribution in [0, 0.1) is 0 Å². The monoisotopic (exact) mass is 226 g/mol. The van der Waals surface area contributed by atoms with Gasteiger partial charge in [0.15, 0.2) is 5.96 Å².